The Morgan fingerprint density at radius 3 is 2.74 bits per heavy atom. The number of rotatable bonds is 9. The maximum Gasteiger partial charge on any atom is 0.191 e. The van der Waals surface area contributed by atoms with E-state index in [1.807, 2.05) is 19.9 Å². The minimum atomic E-state index is -0.216. The van der Waals surface area contributed by atoms with Gasteiger partial charge in [0.25, 0.3) is 0 Å². The first-order valence-electron chi connectivity index (χ1n) is 9.41. The summed E-state index contributed by atoms with van der Waals surface area (Å²) in [5.41, 5.74) is 0.945. The highest BCUT2D eigenvalue weighted by Crippen LogP contribution is 2.23. The van der Waals surface area contributed by atoms with Crippen LogP contribution in [0.2, 0.25) is 0 Å². The summed E-state index contributed by atoms with van der Waals surface area (Å²) < 4.78 is 24.6. The summed E-state index contributed by atoms with van der Waals surface area (Å²) in [6, 6.07) is 6.83. The van der Waals surface area contributed by atoms with Gasteiger partial charge in [0.2, 0.25) is 0 Å². The molecule has 8 heteroatoms. The van der Waals surface area contributed by atoms with E-state index in [0.717, 1.165) is 31.2 Å². The van der Waals surface area contributed by atoms with Crippen LogP contribution in [-0.4, -0.2) is 70.0 Å². The van der Waals surface area contributed by atoms with E-state index < -0.39 is 0 Å². The number of halogens is 2. The number of hydrogen-bond acceptors (Lipinski definition) is 4. The molecule has 1 saturated heterocycles. The van der Waals surface area contributed by atoms with Gasteiger partial charge in [0.1, 0.15) is 5.82 Å². The minimum absolute atomic E-state index is 0. The standard InChI is InChI=1S/C19H31FN4O2.HI/c1-3-21-19(22-8-11-25-4-2)23-15-18(24-9-12-26-13-10-24)16-6-5-7-17(20)14-16;/h5-7,14,18H,3-4,8-13,15H2,1-2H3,(H2,21,22,23);1H. The molecule has 1 aliphatic rings. The van der Waals surface area contributed by atoms with Crippen molar-refractivity contribution in [3.8, 4) is 0 Å². The fourth-order valence-corrected chi connectivity index (χ4v) is 2.94. The number of morpholine rings is 1. The summed E-state index contributed by atoms with van der Waals surface area (Å²) in [5.74, 6) is 0.536. The highest BCUT2D eigenvalue weighted by Gasteiger charge is 2.23. The lowest BCUT2D eigenvalue weighted by molar-refractivity contribution is 0.0179. The van der Waals surface area contributed by atoms with Crippen molar-refractivity contribution in [1.82, 2.24) is 15.5 Å². The molecule has 0 bridgehead atoms. The summed E-state index contributed by atoms with van der Waals surface area (Å²) >= 11 is 0. The van der Waals surface area contributed by atoms with E-state index in [-0.39, 0.29) is 35.8 Å². The van der Waals surface area contributed by atoms with E-state index in [4.69, 9.17) is 14.5 Å². The topological polar surface area (TPSA) is 58.1 Å². The van der Waals surface area contributed by atoms with Crippen molar-refractivity contribution >= 4 is 29.9 Å². The molecule has 0 spiro atoms. The summed E-state index contributed by atoms with van der Waals surface area (Å²) in [5, 5.41) is 6.52. The van der Waals surface area contributed by atoms with Gasteiger partial charge in [0.05, 0.1) is 32.4 Å². The minimum Gasteiger partial charge on any atom is -0.380 e. The van der Waals surface area contributed by atoms with Gasteiger partial charge < -0.3 is 20.1 Å². The molecular weight excluding hydrogens is 462 g/mol. The summed E-state index contributed by atoms with van der Waals surface area (Å²) in [6.07, 6.45) is 0. The van der Waals surface area contributed by atoms with E-state index >= 15 is 0 Å². The second-order valence-corrected chi connectivity index (χ2v) is 6.06. The summed E-state index contributed by atoms with van der Waals surface area (Å²) in [4.78, 5) is 7.04. The third-order valence-electron chi connectivity index (χ3n) is 4.23. The fraction of sp³-hybridized carbons (Fsp3) is 0.632. The van der Waals surface area contributed by atoms with Crippen LogP contribution in [-0.2, 0) is 9.47 Å². The van der Waals surface area contributed by atoms with Gasteiger partial charge in [-0.1, -0.05) is 12.1 Å². The predicted octanol–water partition coefficient (Wildman–Crippen LogP) is 2.41. The number of ether oxygens (including phenoxy) is 2. The van der Waals surface area contributed by atoms with Crippen molar-refractivity contribution in [2.45, 2.75) is 19.9 Å². The number of aliphatic imine (C=N–C) groups is 1. The zero-order chi connectivity index (χ0) is 18.6. The largest absolute Gasteiger partial charge is 0.380 e. The third kappa shape index (κ3) is 8.71. The number of guanidine groups is 1. The number of nitrogens with zero attached hydrogens (tertiary/aromatic N) is 2. The molecule has 1 atom stereocenters. The van der Waals surface area contributed by atoms with E-state index in [2.05, 4.69) is 15.5 Å². The first-order chi connectivity index (χ1) is 12.7. The fourth-order valence-electron chi connectivity index (χ4n) is 2.94. The molecule has 27 heavy (non-hydrogen) atoms. The van der Waals surface area contributed by atoms with Gasteiger partial charge in [-0.25, -0.2) is 4.39 Å². The molecule has 1 aromatic rings. The summed E-state index contributed by atoms with van der Waals surface area (Å²) in [6.45, 7) is 10.4. The van der Waals surface area contributed by atoms with Gasteiger partial charge in [-0.2, -0.15) is 0 Å². The SMILES string of the molecule is CCNC(=NCC(c1cccc(F)c1)N1CCOCC1)NCCOCC.I. The van der Waals surface area contributed by atoms with Crippen LogP contribution in [0, 0.1) is 5.82 Å². The lowest BCUT2D eigenvalue weighted by atomic mass is 10.0. The first-order valence-corrected chi connectivity index (χ1v) is 9.41. The zero-order valence-corrected chi connectivity index (χ0v) is 18.6. The Morgan fingerprint density at radius 1 is 1.30 bits per heavy atom. The molecule has 1 fully saturated rings. The molecule has 6 nitrogen and oxygen atoms in total. The van der Waals surface area contributed by atoms with Gasteiger partial charge in [-0.05, 0) is 31.5 Å². The summed E-state index contributed by atoms with van der Waals surface area (Å²) in [7, 11) is 0. The smallest absolute Gasteiger partial charge is 0.191 e. The van der Waals surface area contributed by atoms with Crippen molar-refractivity contribution in [2.24, 2.45) is 4.99 Å². The van der Waals surface area contributed by atoms with E-state index in [1.165, 1.54) is 6.07 Å². The quantitative estimate of drug-likeness (QED) is 0.239. The molecule has 1 unspecified atom stereocenters. The van der Waals surface area contributed by atoms with E-state index in [9.17, 15) is 4.39 Å². The molecule has 0 saturated carbocycles. The molecule has 0 aliphatic carbocycles. The molecule has 1 aromatic carbocycles. The Hall–Kier alpha value is -0.970. The Kier molecular flexibility index (Phi) is 12.6. The number of benzene rings is 1. The van der Waals surface area contributed by atoms with Gasteiger partial charge in [0.15, 0.2) is 5.96 Å². The highest BCUT2D eigenvalue weighted by atomic mass is 127. The number of nitrogens with one attached hydrogen (secondary N) is 2. The van der Waals surface area contributed by atoms with Crippen molar-refractivity contribution in [3.63, 3.8) is 0 Å². The first kappa shape index (κ1) is 24.1. The van der Waals surface area contributed by atoms with Crippen LogP contribution in [0.3, 0.4) is 0 Å². The van der Waals surface area contributed by atoms with Crippen LogP contribution in [0.5, 0.6) is 0 Å². The molecule has 0 radical (unpaired) electrons. The maximum atomic E-state index is 13.7. The van der Waals surface area contributed by atoms with Crippen molar-refractivity contribution in [1.29, 1.82) is 0 Å². The van der Waals surface area contributed by atoms with Crippen LogP contribution in [0.1, 0.15) is 25.5 Å². The van der Waals surface area contributed by atoms with Crippen molar-refractivity contribution < 1.29 is 13.9 Å². The highest BCUT2D eigenvalue weighted by molar-refractivity contribution is 14.0. The Morgan fingerprint density at radius 2 is 2.07 bits per heavy atom. The monoisotopic (exact) mass is 494 g/mol. The Labute approximate surface area is 178 Å². The predicted molar refractivity (Wildman–Crippen MR) is 117 cm³/mol. The van der Waals surface area contributed by atoms with Crippen LogP contribution < -0.4 is 10.6 Å². The molecule has 1 heterocycles. The normalized spacial score (nSPS) is 16.5. The molecule has 1 aliphatic heterocycles. The Balaban J connectivity index is 0.00000364. The molecule has 0 amide bonds. The Bertz CT molecular complexity index is 556. The van der Waals surface area contributed by atoms with E-state index in [0.29, 0.717) is 39.5 Å². The third-order valence-corrected chi connectivity index (χ3v) is 4.23. The zero-order valence-electron chi connectivity index (χ0n) is 16.2. The van der Waals surface area contributed by atoms with Crippen LogP contribution >= 0.6 is 24.0 Å². The van der Waals surface area contributed by atoms with Crippen molar-refractivity contribution in [3.05, 3.63) is 35.6 Å². The van der Waals surface area contributed by atoms with Gasteiger partial charge in [0, 0.05) is 32.8 Å². The average molecular weight is 494 g/mol. The second-order valence-electron chi connectivity index (χ2n) is 6.06. The van der Waals surface area contributed by atoms with Gasteiger partial charge in [-0.15, -0.1) is 24.0 Å². The van der Waals surface area contributed by atoms with Gasteiger partial charge in [-0.3, -0.25) is 9.89 Å². The second kappa shape index (κ2) is 14.1. The van der Waals surface area contributed by atoms with Crippen molar-refractivity contribution in [2.75, 3.05) is 59.2 Å². The lowest BCUT2D eigenvalue weighted by Crippen LogP contribution is -2.42. The van der Waals surface area contributed by atoms with Crippen LogP contribution in [0.15, 0.2) is 29.3 Å². The maximum absolute atomic E-state index is 13.7. The molecule has 2 rings (SSSR count). The van der Waals surface area contributed by atoms with Crippen LogP contribution in [0.25, 0.3) is 0 Å². The van der Waals surface area contributed by atoms with Crippen LogP contribution in [0.4, 0.5) is 4.39 Å². The molecule has 2 N–H and O–H groups in total. The molecular formula is C19H32FIN4O2. The van der Waals surface area contributed by atoms with Gasteiger partial charge >= 0.3 is 0 Å². The molecule has 154 valence electrons. The lowest BCUT2D eigenvalue weighted by Gasteiger charge is -2.34. The average Bonchev–Trinajstić information content (AvgIpc) is 2.66. The van der Waals surface area contributed by atoms with E-state index in [1.54, 1.807) is 12.1 Å². The number of hydrogen-bond donors (Lipinski definition) is 2. The molecule has 0 aromatic heterocycles.